The summed E-state index contributed by atoms with van der Waals surface area (Å²) in [6, 6.07) is 0. The van der Waals surface area contributed by atoms with Crippen molar-refractivity contribution in [2.45, 2.75) is 32.3 Å². The van der Waals surface area contributed by atoms with Crippen molar-refractivity contribution in [2.24, 2.45) is 5.92 Å². The largest absolute Gasteiger partial charge is 0.390 e. The summed E-state index contributed by atoms with van der Waals surface area (Å²) in [4.78, 5) is 2.37. The lowest BCUT2D eigenvalue weighted by atomic mass is 9.97. The Morgan fingerprint density at radius 1 is 1.41 bits per heavy atom. The van der Waals surface area contributed by atoms with Crippen molar-refractivity contribution in [1.29, 1.82) is 0 Å². The Balaban J connectivity index is 2.08. The van der Waals surface area contributed by atoms with Crippen LogP contribution in [0.25, 0.3) is 0 Å². The van der Waals surface area contributed by atoms with E-state index < -0.39 is 0 Å². The number of hydrogen-bond acceptors (Lipinski definition) is 4. The lowest BCUT2D eigenvalue weighted by molar-refractivity contribution is 0.0658. The molecule has 0 amide bonds. The summed E-state index contributed by atoms with van der Waals surface area (Å²) >= 11 is 0. The Hall–Kier alpha value is -0.160. The summed E-state index contributed by atoms with van der Waals surface area (Å²) in [5, 5.41) is 13.1. The first-order valence-corrected chi connectivity index (χ1v) is 6.86. The van der Waals surface area contributed by atoms with E-state index in [0.29, 0.717) is 12.5 Å². The van der Waals surface area contributed by atoms with Crippen LogP contribution in [0.1, 0.15) is 26.2 Å². The molecular weight excluding hydrogens is 216 g/mol. The zero-order valence-corrected chi connectivity index (χ0v) is 11.3. The molecule has 0 spiro atoms. The van der Waals surface area contributed by atoms with Crippen molar-refractivity contribution >= 4 is 0 Å². The summed E-state index contributed by atoms with van der Waals surface area (Å²) in [7, 11) is 1.77. The van der Waals surface area contributed by atoms with Crippen LogP contribution in [0.4, 0.5) is 0 Å². The fourth-order valence-electron chi connectivity index (χ4n) is 2.38. The molecule has 0 bridgehead atoms. The number of piperidine rings is 1. The average molecular weight is 244 g/mol. The van der Waals surface area contributed by atoms with Crippen molar-refractivity contribution in [1.82, 2.24) is 10.2 Å². The number of aliphatic hydroxyl groups is 1. The highest BCUT2D eigenvalue weighted by atomic mass is 16.5. The first kappa shape index (κ1) is 14.9. The molecule has 0 aromatic rings. The zero-order valence-electron chi connectivity index (χ0n) is 11.3. The van der Waals surface area contributed by atoms with Gasteiger partial charge in [-0.05, 0) is 44.8 Å². The summed E-state index contributed by atoms with van der Waals surface area (Å²) in [5.41, 5.74) is 0. The number of nitrogens with zero attached hydrogens (tertiary/aromatic N) is 1. The van der Waals surface area contributed by atoms with Gasteiger partial charge in [-0.2, -0.15) is 0 Å². The fraction of sp³-hybridized carbons (Fsp3) is 1.00. The number of hydrogen-bond donors (Lipinski definition) is 2. The standard InChI is InChI=1S/C13H28N2O2/c1-3-6-14-9-13(16)10-15-7-4-12(5-8-15)11-17-2/h12-14,16H,3-11H2,1-2H3. The van der Waals surface area contributed by atoms with Crippen LogP contribution in [0.5, 0.6) is 0 Å². The number of likely N-dealkylation sites (tertiary alicyclic amines) is 1. The van der Waals surface area contributed by atoms with E-state index in [1.807, 2.05) is 0 Å². The van der Waals surface area contributed by atoms with E-state index >= 15 is 0 Å². The van der Waals surface area contributed by atoms with Gasteiger partial charge in [0, 0.05) is 26.8 Å². The summed E-state index contributed by atoms with van der Waals surface area (Å²) < 4.78 is 5.19. The van der Waals surface area contributed by atoms with Crippen LogP contribution in [0, 0.1) is 5.92 Å². The van der Waals surface area contributed by atoms with Gasteiger partial charge in [-0.1, -0.05) is 6.92 Å². The van der Waals surface area contributed by atoms with Crippen LogP contribution < -0.4 is 5.32 Å². The molecule has 0 aliphatic carbocycles. The van der Waals surface area contributed by atoms with E-state index in [0.717, 1.165) is 39.2 Å². The quantitative estimate of drug-likeness (QED) is 0.617. The molecule has 0 radical (unpaired) electrons. The molecule has 4 nitrogen and oxygen atoms in total. The summed E-state index contributed by atoms with van der Waals surface area (Å²) in [6.07, 6.45) is 3.28. The van der Waals surface area contributed by atoms with Gasteiger partial charge in [0.2, 0.25) is 0 Å². The minimum absolute atomic E-state index is 0.236. The van der Waals surface area contributed by atoms with Gasteiger partial charge < -0.3 is 20.1 Å². The topological polar surface area (TPSA) is 44.7 Å². The Kier molecular flexibility index (Phi) is 7.77. The summed E-state index contributed by atoms with van der Waals surface area (Å²) in [6.45, 7) is 7.72. The molecule has 102 valence electrons. The minimum atomic E-state index is -0.236. The SMILES string of the molecule is CCCNCC(O)CN1CCC(COC)CC1. The lowest BCUT2D eigenvalue weighted by Gasteiger charge is -2.32. The molecule has 1 atom stereocenters. The van der Waals surface area contributed by atoms with Crippen LogP contribution in [-0.4, -0.2) is 62.6 Å². The van der Waals surface area contributed by atoms with Crippen molar-refractivity contribution in [3.05, 3.63) is 0 Å². The van der Waals surface area contributed by atoms with E-state index in [1.54, 1.807) is 7.11 Å². The Morgan fingerprint density at radius 2 is 2.12 bits per heavy atom. The molecule has 1 fully saturated rings. The molecule has 1 aliphatic heterocycles. The van der Waals surface area contributed by atoms with Gasteiger partial charge in [-0.15, -0.1) is 0 Å². The van der Waals surface area contributed by atoms with E-state index in [1.165, 1.54) is 12.8 Å². The van der Waals surface area contributed by atoms with Gasteiger partial charge in [0.1, 0.15) is 0 Å². The molecule has 0 saturated carbocycles. The Labute approximate surface area is 105 Å². The zero-order chi connectivity index (χ0) is 12.5. The third kappa shape index (κ3) is 6.36. The fourth-order valence-corrected chi connectivity index (χ4v) is 2.38. The lowest BCUT2D eigenvalue weighted by Crippen LogP contribution is -2.42. The highest BCUT2D eigenvalue weighted by molar-refractivity contribution is 4.74. The normalized spacial score (nSPS) is 20.6. The number of aliphatic hydroxyl groups excluding tert-OH is 1. The molecule has 17 heavy (non-hydrogen) atoms. The molecule has 1 rings (SSSR count). The smallest absolute Gasteiger partial charge is 0.0791 e. The van der Waals surface area contributed by atoms with Crippen molar-refractivity contribution in [2.75, 3.05) is 46.4 Å². The Bertz CT molecular complexity index is 182. The first-order valence-electron chi connectivity index (χ1n) is 6.86. The molecule has 0 aromatic heterocycles. The Morgan fingerprint density at radius 3 is 2.71 bits per heavy atom. The van der Waals surface area contributed by atoms with Crippen molar-refractivity contribution < 1.29 is 9.84 Å². The molecular formula is C13H28N2O2. The highest BCUT2D eigenvalue weighted by Gasteiger charge is 2.20. The second-order valence-electron chi connectivity index (χ2n) is 5.06. The predicted octanol–water partition coefficient (Wildman–Crippen LogP) is 0.705. The highest BCUT2D eigenvalue weighted by Crippen LogP contribution is 2.17. The predicted molar refractivity (Wildman–Crippen MR) is 70.2 cm³/mol. The van der Waals surface area contributed by atoms with Crippen LogP contribution in [0.3, 0.4) is 0 Å². The van der Waals surface area contributed by atoms with Gasteiger partial charge in [-0.25, -0.2) is 0 Å². The maximum absolute atomic E-state index is 9.87. The van der Waals surface area contributed by atoms with Crippen LogP contribution in [0.15, 0.2) is 0 Å². The van der Waals surface area contributed by atoms with Gasteiger partial charge in [0.25, 0.3) is 0 Å². The van der Waals surface area contributed by atoms with Crippen molar-refractivity contribution in [3.63, 3.8) is 0 Å². The average Bonchev–Trinajstić information content (AvgIpc) is 2.32. The first-order chi connectivity index (χ1) is 8.26. The van der Waals surface area contributed by atoms with Crippen LogP contribution >= 0.6 is 0 Å². The van der Waals surface area contributed by atoms with E-state index in [4.69, 9.17) is 4.74 Å². The molecule has 2 N–H and O–H groups in total. The summed E-state index contributed by atoms with van der Waals surface area (Å²) in [5.74, 6) is 0.714. The van der Waals surface area contributed by atoms with Gasteiger partial charge in [-0.3, -0.25) is 0 Å². The molecule has 0 aromatic carbocycles. The third-order valence-corrected chi connectivity index (χ3v) is 3.39. The second-order valence-corrected chi connectivity index (χ2v) is 5.06. The number of methoxy groups -OCH3 is 1. The van der Waals surface area contributed by atoms with E-state index in [2.05, 4.69) is 17.1 Å². The maximum atomic E-state index is 9.87. The molecule has 1 heterocycles. The monoisotopic (exact) mass is 244 g/mol. The third-order valence-electron chi connectivity index (χ3n) is 3.39. The minimum Gasteiger partial charge on any atom is -0.390 e. The number of β-amino-alcohol motifs (C(OH)–C–C–N with tert-alkyl or cyclic N) is 1. The number of nitrogens with one attached hydrogen (secondary N) is 1. The van der Waals surface area contributed by atoms with Gasteiger partial charge in [0.05, 0.1) is 6.10 Å². The molecule has 1 saturated heterocycles. The van der Waals surface area contributed by atoms with Crippen molar-refractivity contribution in [3.8, 4) is 0 Å². The molecule has 1 unspecified atom stereocenters. The van der Waals surface area contributed by atoms with Crippen LogP contribution in [-0.2, 0) is 4.74 Å². The van der Waals surface area contributed by atoms with E-state index in [9.17, 15) is 5.11 Å². The number of rotatable bonds is 8. The van der Waals surface area contributed by atoms with E-state index in [-0.39, 0.29) is 6.10 Å². The number of ether oxygens (including phenoxy) is 1. The van der Waals surface area contributed by atoms with Gasteiger partial charge in [0.15, 0.2) is 0 Å². The molecule has 1 aliphatic rings. The van der Waals surface area contributed by atoms with Crippen LogP contribution in [0.2, 0.25) is 0 Å². The second kappa shape index (κ2) is 8.86. The van der Waals surface area contributed by atoms with Gasteiger partial charge >= 0.3 is 0 Å². The maximum Gasteiger partial charge on any atom is 0.0791 e. The molecule has 4 heteroatoms.